The molecule has 0 aliphatic carbocycles. The van der Waals surface area contributed by atoms with Gasteiger partial charge in [-0.2, -0.15) is 5.10 Å². The lowest BCUT2D eigenvalue weighted by Gasteiger charge is -2.14. The SMILES string of the molecule is Cc1ccc(-c2[nH]ncc2CNC(C)CCC(C)C)o1. The van der Waals surface area contributed by atoms with Gasteiger partial charge in [-0.3, -0.25) is 5.10 Å². The van der Waals surface area contributed by atoms with Crippen LogP contribution >= 0.6 is 0 Å². The lowest BCUT2D eigenvalue weighted by Crippen LogP contribution is -2.25. The molecule has 0 saturated carbocycles. The minimum absolute atomic E-state index is 0.512. The molecule has 1 atom stereocenters. The average Bonchev–Trinajstić information content (AvgIpc) is 3.02. The van der Waals surface area contributed by atoms with Crippen molar-refractivity contribution in [2.75, 3.05) is 0 Å². The van der Waals surface area contributed by atoms with Gasteiger partial charge in [-0.15, -0.1) is 0 Å². The third-order valence-corrected chi connectivity index (χ3v) is 3.52. The second-order valence-electron chi connectivity index (χ2n) is 5.93. The second kappa shape index (κ2) is 6.75. The highest BCUT2D eigenvalue weighted by Gasteiger charge is 2.12. The monoisotopic (exact) mass is 275 g/mol. The highest BCUT2D eigenvalue weighted by Crippen LogP contribution is 2.23. The van der Waals surface area contributed by atoms with Crippen LogP contribution in [0.5, 0.6) is 0 Å². The summed E-state index contributed by atoms with van der Waals surface area (Å²) < 4.78 is 5.66. The maximum absolute atomic E-state index is 5.66. The zero-order chi connectivity index (χ0) is 14.5. The predicted molar refractivity (Wildman–Crippen MR) is 81.4 cm³/mol. The fraction of sp³-hybridized carbons (Fsp3) is 0.562. The minimum Gasteiger partial charge on any atom is -0.460 e. The van der Waals surface area contributed by atoms with Crippen LogP contribution < -0.4 is 5.32 Å². The van der Waals surface area contributed by atoms with Crippen LogP contribution in [0.2, 0.25) is 0 Å². The summed E-state index contributed by atoms with van der Waals surface area (Å²) in [5.41, 5.74) is 2.12. The number of nitrogens with one attached hydrogen (secondary N) is 2. The van der Waals surface area contributed by atoms with Crippen molar-refractivity contribution in [3.63, 3.8) is 0 Å². The van der Waals surface area contributed by atoms with Gasteiger partial charge in [0.05, 0.1) is 6.20 Å². The van der Waals surface area contributed by atoms with Crippen LogP contribution in [0.4, 0.5) is 0 Å². The Hall–Kier alpha value is -1.55. The molecule has 110 valence electrons. The molecule has 0 spiro atoms. The van der Waals surface area contributed by atoms with E-state index in [-0.39, 0.29) is 0 Å². The molecule has 2 aromatic heterocycles. The Balaban J connectivity index is 1.92. The highest BCUT2D eigenvalue weighted by atomic mass is 16.3. The van der Waals surface area contributed by atoms with Crippen molar-refractivity contribution < 1.29 is 4.42 Å². The summed E-state index contributed by atoms with van der Waals surface area (Å²) in [5.74, 6) is 2.53. The first kappa shape index (κ1) is 14.9. The van der Waals surface area contributed by atoms with Gasteiger partial charge < -0.3 is 9.73 Å². The number of H-pyrrole nitrogens is 1. The number of furan rings is 1. The molecule has 0 aliphatic heterocycles. The van der Waals surface area contributed by atoms with E-state index in [0.717, 1.165) is 35.2 Å². The summed E-state index contributed by atoms with van der Waals surface area (Å²) in [5, 5.41) is 10.7. The lowest BCUT2D eigenvalue weighted by molar-refractivity contribution is 0.450. The minimum atomic E-state index is 0.512. The Morgan fingerprint density at radius 1 is 1.25 bits per heavy atom. The Labute approximate surface area is 121 Å². The van der Waals surface area contributed by atoms with Crippen molar-refractivity contribution in [3.8, 4) is 11.5 Å². The fourth-order valence-electron chi connectivity index (χ4n) is 2.20. The number of hydrogen-bond acceptors (Lipinski definition) is 3. The van der Waals surface area contributed by atoms with Crippen molar-refractivity contribution in [3.05, 3.63) is 29.7 Å². The van der Waals surface area contributed by atoms with Crippen LogP contribution in [0.25, 0.3) is 11.5 Å². The molecule has 0 radical (unpaired) electrons. The van der Waals surface area contributed by atoms with Gasteiger partial charge in [0.25, 0.3) is 0 Å². The zero-order valence-corrected chi connectivity index (χ0v) is 12.9. The van der Waals surface area contributed by atoms with Gasteiger partial charge >= 0.3 is 0 Å². The van der Waals surface area contributed by atoms with Gasteiger partial charge in [-0.1, -0.05) is 13.8 Å². The largest absolute Gasteiger partial charge is 0.460 e. The molecule has 4 nitrogen and oxygen atoms in total. The molecule has 20 heavy (non-hydrogen) atoms. The molecule has 4 heteroatoms. The van der Waals surface area contributed by atoms with E-state index in [1.807, 2.05) is 25.3 Å². The van der Waals surface area contributed by atoms with Gasteiger partial charge in [0.1, 0.15) is 11.5 Å². The number of nitrogens with zero attached hydrogens (tertiary/aromatic N) is 1. The fourth-order valence-corrected chi connectivity index (χ4v) is 2.20. The number of aromatic nitrogens is 2. The molecule has 0 saturated heterocycles. The second-order valence-corrected chi connectivity index (χ2v) is 5.93. The molecule has 0 aliphatic rings. The summed E-state index contributed by atoms with van der Waals surface area (Å²) in [6, 6.07) is 4.46. The smallest absolute Gasteiger partial charge is 0.152 e. The van der Waals surface area contributed by atoms with Crippen molar-refractivity contribution in [2.24, 2.45) is 5.92 Å². The van der Waals surface area contributed by atoms with E-state index in [0.29, 0.717) is 6.04 Å². The summed E-state index contributed by atoms with van der Waals surface area (Å²) in [6.45, 7) is 9.52. The van der Waals surface area contributed by atoms with E-state index in [2.05, 4.69) is 36.3 Å². The van der Waals surface area contributed by atoms with E-state index < -0.39 is 0 Å². The van der Waals surface area contributed by atoms with Gasteiger partial charge in [-0.05, 0) is 44.7 Å². The third-order valence-electron chi connectivity index (χ3n) is 3.52. The predicted octanol–water partition coefficient (Wildman–Crippen LogP) is 3.89. The normalized spacial score (nSPS) is 13.1. The van der Waals surface area contributed by atoms with Crippen LogP contribution in [0.3, 0.4) is 0 Å². The van der Waals surface area contributed by atoms with E-state index in [1.54, 1.807) is 0 Å². The van der Waals surface area contributed by atoms with E-state index in [1.165, 1.54) is 12.8 Å². The molecule has 2 rings (SSSR count). The van der Waals surface area contributed by atoms with Crippen molar-refractivity contribution >= 4 is 0 Å². The number of hydrogen-bond donors (Lipinski definition) is 2. The Bertz CT molecular complexity index is 527. The first-order valence-corrected chi connectivity index (χ1v) is 7.38. The Morgan fingerprint density at radius 3 is 2.70 bits per heavy atom. The number of rotatable bonds is 7. The quantitative estimate of drug-likeness (QED) is 0.806. The van der Waals surface area contributed by atoms with Gasteiger partial charge in [-0.25, -0.2) is 0 Å². The van der Waals surface area contributed by atoms with Crippen LogP contribution in [0.1, 0.15) is 44.9 Å². The maximum Gasteiger partial charge on any atom is 0.152 e. The zero-order valence-electron chi connectivity index (χ0n) is 12.9. The highest BCUT2D eigenvalue weighted by molar-refractivity contribution is 5.56. The van der Waals surface area contributed by atoms with Crippen molar-refractivity contribution in [1.82, 2.24) is 15.5 Å². The summed E-state index contributed by atoms with van der Waals surface area (Å²) in [4.78, 5) is 0. The van der Waals surface area contributed by atoms with Gasteiger partial charge in [0.2, 0.25) is 0 Å². The van der Waals surface area contributed by atoms with Crippen molar-refractivity contribution in [1.29, 1.82) is 0 Å². The van der Waals surface area contributed by atoms with E-state index in [4.69, 9.17) is 4.42 Å². The number of aromatic amines is 1. The van der Waals surface area contributed by atoms with E-state index >= 15 is 0 Å². The molecule has 0 aromatic carbocycles. The Morgan fingerprint density at radius 2 is 2.05 bits per heavy atom. The lowest BCUT2D eigenvalue weighted by atomic mass is 10.0. The van der Waals surface area contributed by atoms with Gasteiger partial charge in [0.15, 0.2) is 5.76 Å². The maximum atomic E-state index is 5.66. The molecule has 2 heterocycles. The Kier molecular flexibility index (Phi) is 5.01. The standard InChI is InChI=1S/C16H25N3O/c1-11(2)5-6-12(3)17-9-14-10-18-19-16(14)15-8-7-13(4)20-15/h7-8,10-12,17H,5-6,9H2,1-4H3,(H,18,19). The molecular formula is C16H25N3O. The van der Waals surface area contributed by atoms with Crippen LogP contribution in [0, 0.1) is 12.8 Å². The molecule has 0 fully saturated rings. The molecule has 0 bridgehead atoms. The molecule has 2 N–H and O–H groups in total. The topological polar surface area (TPSA) is 53.9 Å². The number of aryl methyl sites for hydroxylation is 1. The van der Waals surface area contributed by atoms with Crippen LogP contribution in [0.15, 0.2) is 22.7 Å². The van der Waals surface area contributed by atoms with Gasteiger partial charge in [0, 0.05) is 18.2 Å². The molecular weight excluding hydrogens is 250 g/mol. The van der Waals surface area contributed by atoms with Crippen molar-refractivity contribution in [2.45, 2.75) is 53.1 Å². The first-order chi connectivity index (χ1) is 9.56. The molecule has 1 unspecified atom stereocenters. The first-order valence-electron chi connectivity index (χ1n) is 7.38. The molecule has 2 aromatic rings. The van der Waals surface area contributed by atoms with E-state index in [9.17, 15) is 0 Å². The summed E-state index contributed by atoms with van der Waals surface area (Å²) in [6.07, 6.45) is 4.32. The van der Waals surface area contributed by atoms with Crippen LogP contribution in [-0.4, -0.2) is 16.2 Å². The third kappa shape index (κ3) is 3.97. The molecule has 0 amide bonds. The summed E-state index contributed by atoms with van der Waals surface area (Å²) in [7, 11) is 0. The average molecular weight is 275 g/mol. The van der Waals surface area contributed by atoms with Crippen LogP contribution in [-0.2, 0) is 6.54 Å². The summed E-state index contributed by atoms with van der Waals surface area (Å²) >= 11 is 0.